The van der Waals surface area contributed by atoms with Crippen LogP contribution in [-0.4, -0.2) is 12.6 Å². The van der Waals surface area contributed by atoms with Gasteiger partial charge in [-0.05, 0) is 53.4 Å². The Morgan fingerprint density at radius 1 is 1.04 bits per heavy atom. The van der Waals surface area contributed by atoms with Crippen molar-refractivity contribution in [2.75, 3.05) is 6.61 Å². The number of carbonyl (C=O) groups is 1. The molecule has 1 atom stereocenters. The molecule has 1 aromatic heterocycles. The minimum Gasteiger partial charge on any atom is -0.489 e. The van der Waals surface area contributed by atoms with Gasteiger partial charge in [0.1, 0.15) is 24.2 Å². The van der Waals surface area contributed by atoms with E-state index >= 15 is 0 Å². The van der Waals surface area contributed by atoms with Crippen molar-refractivity contribution in [1.29, 1.82) is 0 Å². The molecule has 0 saturated carbocycles. The van der Waals surface area contributed by atoms with Gasteiger partial charge in [-0.1, -0.05) is 36.4 Å². The van der Waals surface area contributed by atoms with Gasteiger partial charge in [0, 0.05) is 12.5 Å². The summed E-state index contributed by atoms with van der Waals surface area (Å²) in [4.78, 5) is 11.8. The van der Waals surface area contributed by atoms with Crippen molar-refractivity contribution in [3.05, 3.63) is 82.6 Å². The van der Waals surface area contributed by atoms with E-state index < -0.39 is 0 Å². The first-order valence-corrected chi connectivity index (χ1v) is 10.3. The lowest BCUT2D eigenvalue weighted by molar-refractivity contribution is -0.143. The summed E-state index contributed by atoms with van der Waals surface area (Å²) < 4.78 is 17.1. The highest BCUT2D eigenvalue weighted by Gasteiger charge is 2.16. The fourth-order valence-electron chi connectivity index (χ4n) is 2.79. The molecule has 0 aliphatic carbocycles. The molecule has 0 aliphatic heterocycles. The molecule has 4 nitrogen and oxygen atoms in total. The van der Waals surface area contributed by atoms with Crippen molar-refractivity contribution in [1.82, 2.24) is 0 Å². The van der Waals surface area contributed by atoms with Crippen molar-refractivity contribution < 1.29 is 19.0 Å². The zero-order chi connectivity index (χ0) is 19.6. The van der Waals surface area contributed by atoms with E-state index in [1.54, 1.807) is 11.3 Å². The molecule has 0 spiro atoms. The van der Waals surface area contributed by atoms with Crippen molar-refractivity contribution in [3.8, 4) is 11.5 Å². The third kappa shape index (κ3) is 6.13. The lowest BCUT2D eigenvalue weighted by Crippen LogP contribution is -2.12. The number of thiophene rings is 1. The summed E-state index contributed by atoms with van der Waals surface area (Å²) in [5.41, 5.74) is 2.17. The summed E-state index contributed by atoms with van der Waals surface area (Å²) in [5, 5.41) is 4.10. The van der Waals surface area contributed by atoms with Gasteiger partial charge < -0.3 is 14.2 Å². The van der Waals surface area contributed by atoms with E-state index in [0.29, 0.717) is 31.8 Å². The molecule has 28 heavy (non-hydrogen) atoms. The zero-order valence-electron chi connectivity index (χ0n) is 15.9. The van der Waals surface area contributed by atoms with E-state index in [9.17, 15) is 4.79 Å². The van der Waals surface area contributed by atoms with E-state index in [1.165, 1.54) is 0 Å². The number of hydrogen-bond donors (Lipinski definition) is 0. The average molecular weight is 397 g/mol. The van der Waals surface area contributed by atoms with Gasteiger partial charge >= 0.3 is 5.97 Å². The quantitative estimate of drug-likeness (QED) is 0.407. The van der Waals surface area contributed by atoms with E-state index in [0.717, 1.165) is 16.9 Å². The molecular weight excluding hydrogens is 372 g/mol. The number of benzene rings is 2. The molecule has 5 heteroatoms. The average Bonchev–Trinajstić information content (AvgIpc) is 3.24. The van der Waals surface area contributed by atoms with Crippen LogP contribution in [0.15, 0.2) is 71.4 Å². The first-order chi connectivity index (χ1) is 13.7. The van der Waals surface area contributed by atoms with Crippen molar-refractivity contribution in [3.63, 3.8) is 0 Å². The Hall–Kier alpha value is -2.79. The highest BCUT2D eigenvalue weighted by Crippen LogP contribution is 2.29. The first kappa shape index (κ1) is 20.0. The number of rotatable bonds is 10. The topological polar surface area (TPSA) is 44.8 Å². The van der Waals surface area contributed by atoms with Gasteiger partial charge in [-0.3, -0.25) is 4.79 Å². The fraction of sp³-hybridized carbons (Fsp3) is 0.261. The molecule has 146 valence electrons. The highest BCUT2D eigenvalue weighted by atomic mass is 32.1. The maximum absolute atomic E-state index is 11.8. The maximum atomic E-state index is 11.8. The largest absolute Gasteiger partial charge is 0.489 e. The summed E-state index contributed by atoms with van der Waals surface area (Å²) in [5.74, 6) is 1.25. The van der Waals surface area contributed by atoms with Crippen LogP contribution in [0.1, 0.15) is 37.0 Å². The molecule has 0 aliphatic rings. The molecule has 3 aromatic rings. The van der Waals surface area contributed by atoms with Gasteiger partial charge in [-0.2, -0.15) is 11.3 Å². The van der Waals surface area contributed by atoms with Crippen LogP contribution in [0.25, 0.3) is 0 Å². The first-order valence-electron chi connectivity index (χ1n) is 9.35. The summed E-state index contributed by atoms with van der Waals surface area (Å²) in [6.07, 6.45) is 0.614. The Morgan fingerprint density at radius 2 is 1.86 bits per heavy atom. The van der Waals surface area contributed by atoms with E-state index in [4.69, 9.17) is 14.2 Å². The second-order valence-corrected chi connectivity index (χ2v) is 7.04. The Balaban J connectivity index is 1.67. The minimum absolute atomic E-state index is 0.208. The van der Waals surface area contributed by atoms with Crippen LogP contribution >= 0.6 is 11.3 Å². The monoisotopic (exact) mass is 396 g/mol. The van der Waals surface area contributed by atoms with E-state index in [2.05, 4.69) is 5.38 Å². The van der Waals surface area contributed by atoms with Crippen LogP contribution in [0.2, 0.25) is 0 Å². The van der Waals surface area contributed by atoms with Crippen LogP contribution in [0.4, 0.5) is 0 Å². The van der Waals surface area contributed by atoms with E-state index in [-0.39, 0.29) is 12.1 Å². The molecule has 0 fully saturated rings. The summed E-state index contributed by atoms with van der Waals surface area (Å²) in [6.45, 7) is 2.72. The number of ether oxygens (including phenoxy) is 3. The van der Waals surface area contributed by atoms with Gasteiger partial charge in [0.25, 0.3) is 0 Å². The molecule has 0 amide bonds. The molecule has 1 heterocycles. The summed E-state index contributed by atoms with van der Waals surface area (Å²) >= 11 is 1.65. The minimum atomic E-state index is -0.238. The lowest BCUT2D eigenvalue weighted by Gasteiger charge is -2.20. The Bertz CT molecular complexity index is 846. The highest BCUT2D eigenvalue weighted by molar-refractivity contribution is 7.07. The molecule has 2 aromatic carbocycles. The summed E-state index contributed by atoms with van der Waals surface area (Å²) in [7, 11) is 0. The van der Waals surface area contributed by atoms with Crippen LogP contribution in [0, 0.1) is 0 Å². The molecule has 0 N–H and O–H groups in total. The predicted molar refractivity (Wildman–Crippen MR) is 111 cm³/mol. The molecule has 3 rings (SSSR count). The molecule has 0 bridgehead atoms. The van der Waals surface area contributed by atoms with Crippen molar-refractivity contribution in [2.24, 2.45) is 0 Å². The summed E-state index contributed by atoms with van der Waals surface area (Å²) in [6, 6.07) is 19.6. The van der Waals surface area contributed by atoms with Crippen LogP contribution < -0.4 is 9.47 Å². The number of carbonyl (C=O) groups excluding carboxylic acids is 1. The molecule has 1 unspecified atom stereocenters. The normalized spacial score (nSPS) is 11.6. The van der Waals surface area contributed by atoms with Crippen LogP contribution in [0.5, 0.6) is 11.5 Å². The smallest absolute Gasteiger partial charge is 0.305 e. The lowest BCUT2D eigenvalue weighted by atomic mass is 10.0. The Kier molecular flexibility index (Phi) is 7.50. The van der Waals surface area contributed by atoms with Crippen LogP contribution in [0.3, 0.4) is 0 Å². The Morgan fingerprint density at radius 3 is 2.61 bits per heavy atom. The maximum Gasteiger partial charge on any atom is 0.305 e. The number of hydrogen-bond acceptors (Lipinski definition) is 5. The van der Waals surface area contributed by atoms with Crippen molar-refractivity contribution in [2.45, 2.75) is 32.5 Å². The third-order valence-electron chi connectivity index (χ3n) is 4.16. The molecular formula is C23H24O4S. The number of esters is 1. The Labute approximate surface area is 169 Å². The van der Waals surface area contributed by atoms with Crippen LogP contribution in [-0.2, 0) is 16.1 Å². The van der Waals surface area contributed by atoms with Gasteiger partial charge in [-0.25, -0.2) is 0 Å². The predicted octanol–water partition coefficient (Wildman–Crippen LogP) is 5.79. The second-order valence-electron chi connectivity index (χ2n) is 6.26. The van der Waals surface area contributed by atoms with Gasteiger partial charge in [0.2, 0.25) is 0 Å². The SMILES string of the molecule is CCOC(=O)CCC(Oc1cccc(OCc2ccsc2)c1)c1ccccc1. The van der Waals surface area contributed by atoms with E-state index in [1.807, 2.05) is 73.0 Å². The molecule has 0 radical (unpaired) electrons. The van der Waals surface area contributed by atoms with Gasteiger partial charge in [0.05, 0.1) is 6.61 Å². The third-order valence-corrected chi connectivity index (χ3v) is 4.89. The zero-order valence-corrected chi connectivity index (χ0v) is 16.7. The van der Waals surface area contributed by atoms with Gasteiger partial charge in [-0.15, -0.1) is 0 Å². The van der Waals surface area contributed by atoms with Gasteiger partial charge in [0.15, 0.2) is 0 Å². The standard InChI is InChI=1S/C23H24O4S/c1-2-25-23(24)12-11-22(19-7-4-3-5-8-19)27-21-10-6-9-20(15-21)26-16-18-13-14-28-17-18/h3-10,13-15,17,22H,2,11-12,16H2,1H3. The van der Waals surface area contributed by atoms with Crippen molar-refractivity contribution >= 4 is 17.3 Å². The fourth-order valence-corrected chi connectivity index (χ4v) is 3.44. The molecule has 0 saturated heterocycles. The second kappa shape index (κ2) is 10.5.